The second-order valence-corrected chi connectivity index (χ2v) is 8.74. The van der Waals surface area contributed by atoms with Crippen LogP contribution in [-0.2, 0) is 14.8 Å². The molecule has 0 unspecified atom stereocenters. The van der Waals surface area contributed by atoms with E-state index in [0.717, 1.165) is 5.56 Å². The Morgan fingerprint density at radius 3 is 2.48 bits per heavy atom. The van der Waals surface area contributed by atoms with E-state index in [-0.39, 0.29) is 16.7 Å². The van der Waals surface area contributed by atoms with Crippen LogP contribution in [0, 0.1) is 12.8 Å². The second-order valence-electron chi connectivity index (χ2n) is 6.80. The third-order valence-electron chi connectivity index (χ3n) is 5.18. The smallest absolute Gasteiger partial charge is 0.338 e. The van der Waals surface area contributed by atoms with Crippen molar-refractivity contribution in [3.05, 3.63) is 65.2 Å². The molecule has 2 N–H and O–H groups in total. The molecule has 7 heteroatoms. The number of esters is 1. The average molecular weight is 388 g/mol. The lowest BCUT2D eigenvalue weighted by Crippen LogP contribution is -2.30. The number of rotatable bonds is 5. The second kappa shape index (κ2) is 7.80. The van der Waals surface area contributed by atoms with Crippen LogP contribution >= 0.6 is 0 Å². The first-order valence-electron chi connectivity index (χ1n) is 8.82. The van der Waals surface area contributed by atoms with Crippen molar-refractivity contribution in [2.24, 2.45) is 11.7 Å². The molecule has 6 nitrogen and oxygen atoms in total. The van der Waals surface area contributed by atoms with Crippen molar-refractivity contribution in [2.45, 2.75) is 17.7 Å². The molecule has 0 amide bonds. The first-order chi connectivity index (χ1) is 12.9. The Bertz CT molecular complexity index is 928. The summed E-state index contributed by atoms with van der Waals surface area (Å²) in [6.07, 6.45) is 0. The summed E-state index contributed by atoms with van der Waals surface area (Å²) in [7, 11) is -2.37. The number of aryl methyl sites for hydroxylation is 1. The number of ether oxygens (including phenoxy) is 1. The molecule has 1 saturated heterocycles. The quantitative estimate of drug-likeness (QED) is 0.793. The maximum absolute atomic E-state index is 13.1. The predicted octanol–water partition coefficient (Wildman–Crippen LogP) is 2.14. The molecule has 0 saturated carbocycles. The van der Waals surface area contributed by atoms with E-state index in [1.165, 1.54) is 29.6 Å². The summed E-state index contributed by atoms with van der Waals surface area (Å²) in [5, 5.41) is 0. The molecular formula is C20H24N2O4S. The Labute approximate surface area is 160 Å². The molecule has 2 aromatic carbocycles. The lowest BCUT2D eigenvalue weighted by atomic mass is 9.89. The van der Waals surface area contributed by atoms with Gasteiger partial charge in [0.15, 0.2) is 0 Å². The van der Waals surface area contributed by atoms with Gasteiger partial charge in [0.1, 0.15) is 0 Å². The highest BCUT2D eigenvalue weighted by Gasteiger charge is 2.39. The van der Waals surface area contributed by atoms with Crippen LogP contribution < -0.4 is 5.73 Å². The molecule has 2 atom stereocenters. The number of hydrogen-bond acceptors (Lipinski definition) is 5. The van der Waals surface area contributed by atoms with Crippen LogP contribution in [0.1, 0.15) is 27.4 Å². The van der Waals surface area contributed by atoms with Crippen LogP contribution in [0.15, 0.2) is 53.4 Å². The zero-order valence-corrected chi connectivity index (χ0v) is 16.3. The molecule has 27 heavy (non-hydrogen) atoms. The average Bonchev–Trinajstić information content (AvgIpc) is 3.13. The highest BCUT2D eigenvalue weighted by atomic mass is 32.2. The number of methoxy groups -OCH3 is 1. The summed E-state index contributed by atoms with van der Waals surface area (Å²) in [4.78, 5) is 11.9. The SMILES string of the molecule is COC(=O)c1ccc(S(=O)(=O)N2C[C@@H](CN)[C@H](c3ccccc3)C2)cc1C. The minimum atomic E-state index is -3.67. The fourth-order valence-corrected chi connectivity index (χ4v) is 5.24. The van der Waals surface area contributed by atoms with Crippen molar-refractivity contribution in [2.75, 3.05) is 26.7 Å². The molecule has 1 heterocycles. The molecule has 0 aromatic heterocycles. The molecule has 144 valence electrons. The zero-order valence-electron chi connectivity index (χ0n) is 15.5. The molecule has 2 aromatic rings. The van der Waals surface area contributed by atoms with E-state index in [9.17, 15) is 13.2 Å². The van der Waals surface area contributed by atoms with E-state index in [0.29, 0.717) is 30.8 Å². The Morgan fingerprint density at radius 1 is 1.19 bits per heavy atom. The Hall–Kier alpha value is -2.22. The summed E-state index contributed by atoms with van der Waals surface area (Å²) in [5.74, 6) is -0.344. The number of benzene rings is 2. The van der Waals surface area contributed by atoms with Gasteiger partial charge in [-0.25, -0.2) is 13.2 Å². The topological polar surface area (TPSA) is 89.7 Å². The number of carbonyl (C=O) groups excluding carboxylic acids is 1. The van der Waals surface area contributed by atoms with E-state index in [2.05, 4.69) is 0 Å². The fraction of sp³-hybridized carbons (Fsp3) is 0.350. The van der Waals surface area contributed by atoms with Gasteiger partial charge in [-0.2, -0.15) is 4.31 Å². The molecule has 1 fully saturated rings. The maximum Gasteiger partial charge on any atom is 0.338 e. The molecule has 0 bridgehead atoms. The Kier molecular flexibility index (Phi) is 5.64. The van der Waals surface area contributed by atoms with Crippen molar-refractivity contribution >= 4 is 16.0 Å². The highest BCUT2D eigenvalue weighted by molar-refractivity contribution is 7.89. The number of hydrogen-bond donors (Lipinski definition) is 1. The van der Waals surface area contributed by atoms with Gasteiger partial charge < -0.3 is 10.5 Å². The van der Waals surface area contributed by atoms with E-state index in [1.54, 1.807) is 6.92 Å². The molecule has 0 spiro atoms. The van der Waals surface area contributed by atoms with Gasteiger partial charge in [-0.3, -0.25) is 0 Å². The predicted molar refractivity (Wildman–Crippen MR) is 103 cm³/mol. The summed E-state index contributed by atoms with van der Waals surface area (Å²) < 4.78 is 32.5. The number of nitrogens with two attached hydrogens (primary N) is 1. The molecule has 3 rings (SSSR count). The summed E-state index contributed by atoms with van der Waals surface area (Å²) in [5.41, 5.74) is 7.95. The Balaban J connectivity index is 1.89. The van der Waals surface area contributed by atoms with Crippen LogP contribution in [0.25, 0.3) is 0 Å². The van der Waals surface area contributed by atoms with Gasteiger partial charge in [0, 0.05) is 19.0 Å². The van der Waals surface area contributed by atoms with E-state index in [1.807, 2.05) is 30.3 Å². The van der Waals surface area contributed by atoms with Gasteiger partial charge in [-0.15, -0.1) is 0 Å². The van der Waals surface area contributed by atoms with Gasteiger partial charge >= 0.3 is 5.97 Å². The standard InChI is InChI=1S/C20H24N2O4S/c1-14-10-17(8-9-18(14)20(23)26-2)27(24,25)22-12-16(11-21)19(13-22)15-6-4-3-5-7-15/h3-10,16,19H,11-13,21H2,1-2H3/t16-,19+/m1/s1. The third kappa shape index (κ3) is 3.76. The van der Waals surface area contributed by atoms with Gasteiger partial charge in [0.2, 0.25) is 10.0 Å². The Morgan fingerprint density at radius 2 is 1.89 bits per heavy atom. The molecule has 0 radical (unpaired) electrons. The summed E-state index contributed by atoms with van der Waals surface area (Å²) in [6.45, 7) is 2.90. The lowest BCUT2D eigenvalue weighted by Gasteiger charge is -2.17. The van der Waals surface area contributed by atoms with Crippen molar-refractivity contribution in [1.29, 1.82) is 0 Å². The molecular weight excluding hydrogens is 364 g/mol. The van der Waals surface area contributed by atoms with E-state index >= 15 is 0 Å². The molecule has 1 aliphatic rings. The van der Waals surface area contributed by atoms with Gasteiger partial charge in [0.05, 0.1) is 17.6 Å². The first kappa shape index (κ1) is 19.5. The number of carbonyl (C=O) groups is 1. The minimum absolute atomic E-state index is 0.0672. The number of sulfonamides is 1. The third-order valence-corrected chi connectivity index (χ3v) is 7.01. The highest BCUT2D eigenvalue weighted by Crippen LogP contribution is 2.35. The zero-order chi connectivity index (χ0) is 19.6. The van der Waals surface area contributed by atoms with Crippen molar-refractivity contribution < 1.29 is 17.9 Å². The van der Waals surface area contributed by atoms with Crippen molar-refractivity contribution in [1.82, 2.24) is 4.31 Å². The van der Waals surface area contributed by atoms with Crippen LogP contribution in [-0.4, -0.2) is 45.4 Å². The van der Waals surface area contributed by atoms with Crippen molar-refractivity contribution in [3.8, 4) is 0 Å². The normalized spacial score (nSPS) is 20.6. The minimum Gasteiger partial charge on any atom is -0.465 e. The summed E-state index contributed by atoms with van der Waals surface area (Å²) >= 11 is 0. The van der Waals surface area contributed by atoms with Gasteiger partial charge in [-0.1, -0.05) is 30.3 Å². The van der Waals surface area contributed by atoms with Crippen LogP contribution in [0.3, 0.4) is 0 Å². The van der Waals surface area contributed by atoms with Gasteiger partial charge in [-0.05, 0) is 48.7 Å². The number of nitrogens with zero attached hydrogens (tertiary/aromatic N) is 1. The monoisotopic (exact) mass is 388 g/mol. The van der Waals surface area contributed by atoms with Gasteiger partial charge in [0.25, 0.3) is 0 Å². The van der Waals surface area contributed by atoms with Crippen molar-refractivity contribution in [3.63, 3.8) is 0 Å². The van der Waals surface area contributed by atoms with Crippen LogP contribution in [0.4, 0.5) is 0 Å². The lowest BCUT2D eigenvalue weighted by molar-refractivity contribution is 0.0600. The van der Waals surface area contributed by atoms with Crippen LogP contribution in [0.2, 0.25) is 0 Å². The van der Waals surface area contributed by atoms with E-state index in [4.69, 9.17) is 10.5 Å². The molecule has 0 aliphatic carbocycles. The van der Waals surface area contributed by atoms with E-state index < -0.39 is 16.0 Å². The fourth-order valence-electron chi connectivity index (χ4n) is 3.63. The maximum atomic E-state index is 13.1. The largest absolute Gasteiger partial charge is 0.465 e. The molecule has 1 aliphatic heterocycles. The summed E-state index contributed by atoms with van der Waals surface area (Å²) in [6, 6.07) is 14.4. The first-order valence-corrected chi connectivity index (χ1v) is 10.3. The van der Waals surface area contributed by atoms with Crippen LogP contribution in [0.5, 0.6) is 0 Å².